The summed E-state index contributed by atoms with van der Waals surface area (Å²) >= 11 is 3.22. The van der Waals surface area contributed by atoms with Crippen LogP contribution in [0, 0.1) is 5.92 Å². The third-order valence-electron chi connectivity index (χ3n) is 1.69. The Kier molecular flexibility index (Phi) is 4.52. The van der Waals surface area contributed by atoms with Gasteiger partial charge in [0, 0.05) is 5.75 Å². The second-order valence-corrected chi connectivity index (χ2v) is 5.39. The molecular weight excluding hydrogens is 202 g/mol. The third-order valence-corrected chi connectivity index (χ3v) is 3.91. The number of hydrogen-bond acceptors (Lipinski definition) is 5. The van der Waals surface area contributed by atoms with Crippen LogP contribution >= 0.6 is 23.1 Å². The quantitative estimate of drug-likeness (QED) is 0.770. The van der Waals surface area contributed by atoms with E-state index in [1.165, 1.54) is 24.2 Å². The molecule has 0 saturated heterocycles. The second kappa shape index (κ2) is 5.44. The molecule has 13 heavy (non-hydrogen) atoms. The fourth-order valence-electron chi connectivity index (χ4n) is 1.07. The van der Waals surface area contributed by atoms with E-state index in [2.05, 4.69) is 24.0 Å². The highest BCUT2D eigenvalue weighted by Gasteiger charge is 2.05. The van der Waals surface area contributed by atoms with Gasteiger partial charge in [-0.05, 0) is 5.92 Å². The maximum atomic E-state index is 5.48. The van der Waals surface area contributed by atoms with Gasteiger partial charge in [0.05, 0.1) is 0 Å². The molecule has 0 fully saturated rings. The maximum absolute atomic E-state index is 5.48. The van der Waals surface area contributed by atoms with E-state index in [-0.39, 0.29) is 0 Å². The largest absolute Gasteiger partial charge is 0.374 e. The lowest BCUT2D eigenvalue weighted by Crippen LogP contribution is -1.96. The van der Waals surface area contributed by atoms with Crippen LogP contribution in [-0.4, -0.2) is 16.0 Å². The molecule has 0 aliphatic rings. The summed E-state index contributed by atoms with van der Waals surface area (Å²) in [6, 6.07) is 0. The number of nitrogen functional groups attached to an aromatic ring is 1. The minimum absolute atomic E-state index is 0.561. The minimum Gasteiger partial charge on any atom is -0.374 e. The fourth-order valence-corrected chi connectivity index (χ4v) is 2.80. The van der Waals surface area contributed by atoms with Crippen LogP contribution in [-0.2, 0) is 0 Å². The summed E-state index contributed by atoms with van der Waals surface area (Å²) < 4.78 is 0.987. The number of rotatable bonds is 5. The molecule has 5 heteroatoms. The van der Waals surface area contributed by atoms with Gasteiger partial charge in [0.25, 0.3) is 0 Å². The van der Waals surface area contributed by atoms with E-state index in [9.17, 15) is 0 Å². The van der Waals surface area contributed by atoms with Crippen LogP contribution in [0.1, 0.15) is 26.7 Å². The Balaban J connectivity index is 2.26. The van der Waals surface area contributed by atoms with E-state index in [1.54, 1.807) is 11.8 Å². The van der Waals surface area contributed by atoms with Crippen molar-refractivity contribution in [3.8, 4) is 0 Å². The average molecular weight is 217 g/mol. The van der Waals surface area contributed by atoms with Crippen molar-refractivity contribution in [2.45, 2.75) is 31.0 Å². The molecule has 2 N–H and O–H groups in total. The number of anilines is 1. The number of thioether (sulfide) groups is 1. The third kappa shape index (κ3) is 3.95. The summed E-state index contributed by atoms with van der Waals surface area (Å²) in [6.07, 6.45) is 2.53. The van der Waals surface area contributed by atoms with E-state index in [0.717, 1.165) is 16.0 Å². The first kappa shape index (κ1) is 10.8. The SMILES string of the molecule is CCCC(C)CSc1nnc(N)s1. The first-order valence-electron chi connectivity index (χ1n) is 4.44. The summed E-state index contributed by atoms with van der Waals surface area (Å²) in [4.78, 5) is 0. The van der Waals surface area contributed by atoms with Gasteiger partial charge in [-0.25, -0.2) is 0 Å². The summed E-state index contributed by atoms with van der Waals surface area (Å²) in [5, 5.41) is 8.28. The number of hydrogen-bond donors (Lipinski definition) is 1. The molecule has 0 spiro atoms. The topological polar surface area (TPSA) is 51.8 Å². The normalized spacial score (nSPS) is 13.1. The van der Waals surface area contributed by atoms with Crippen LogP contribution in [0.3, 0.4) is 0 Å². The first-order valence-corrected chi connectivity index (χ1v) is 6.24. The van der Waals surface area contributed by atoms with E-state index in [4.69, 9.17) is 5.73 Å². The molecule has 1 atom stereocenters. The molecule has 1 heterocycles. The Bertz CT molecular complexity index is 249. The Morgan fingerprint density at radius 2 is 2.31 bits per heavy atom. The molecule has 1 aromatic heterocycles. The van der Waals surface area contributed by atoms with E-state index < -0.39 is 0 Å². The summed E-state index contributed by atoms with van der Waals surface area (Å²) in [7, 11) is 0. The van der Waals surface area contributed by atoms with Crippen LogP contribution < -0.4 is 5.73 Å². The van der Waals surface area contributed by atoms with Crippen molar-refractivity contribution in [1.82, 2.24) is 10.2 Å². The number of nitrogens with two attached hydrogens (primary N) is 1. The Morgan fingerprint density at radius 1 is 1.54 bits per heavy atom. The van der Waals surface area contributed by atoms with Crippen LogP contribution in [0.4, 0.5) is 5.13 Å². The van der Waals surface area contributed by atoms with Gasteiger partial charge in [0.15, 0.2) is 4.34 Å². The molecule has 3 nitrogen and oxygen atoms in total. The molecule has 74 valence electrons. The molecule has 0 amide bonds. The molecule has 0 aliphatic carbocycles. The van der Waals surface area contributed by atoms with Crippen molar-refractivity contribution in [3.05, 3.63) is 0 Å². The predicted octanol–water partition coefficient (Wildman–Crippen LogP) is 2.65. The minimum atomic E-state index is 0.561. The van der Waals surface area contributed by atoms with Crippen molar-refractivity contribution >= 4 is 28.2 Å². The Labute approximate surface area is 87.1 Å². The second-order valence-electron chi connectivity index (χ2n) is 3.11. The monoisotopic (exact) mass is 217 g/mol. The molecule has 1 rings (SSSR count). The Hall–Kier alpha value is -0.290. The summed E-state index contributed by atoms with van der Waals surface area (Å²) in [5.74, 6) is 1.86. The summed E-state index contributed by atoms with van der Waals surface area (Å²) in [6.45, 7) is 4.48. The van der Waals surface area contributed by atoms with Crippen LogP contribution in [0.25, 0.3) is 0 Å². The van der Waals surface area contributed by atoms with Crippen molar-refractivity contribution in [3.63, 3.8) is 0 Å². The predicted molar refractivity (Wildman–Crippen MR) is 59.1 cm³/mol. The molecule has 0 radical (unpaired) electrons. The van der Waals surface area contributed by atoms with Crippen LogP contribution in [0.5, 0.6) is 0 Å². The van der Waals surface area contributed by atoms with E-state index >= 15 is 0 Å². The van der Waals surface area contributed by atoms with Crippen molar-refractivity contribution in [2.75, 3.05) is 11.5 Å². The fraction of sp³-hybridized carbons (Fsp3) is 0.750. The van der Waals surface area contributed by atoms with Crippen LogP contribution in [0.15, 0.2) is 4.34 Å². The smallest absolute Gasteiger partial charge is 0.203 e. The van der Waals surface area contributed by atoms with Gasteiger partial charge < -0.3 is 5.73 Å². The maximum Gasteiger partial charge on any atom is 0.203 e. The Morgan fingerprint density at radius 3 is 2.85 bits per heavy atom. The first-order chi connectivity index (χ1) is 6.22. The van der Waals surface area contributed by atoms with Crippen molar-refractivity contribution in [2.24, 2.45) is 5.92 Å². The zero-order chi connectivity index (χ0) is 9.68. The highest BCUT2D eigenvalue weighted by Crippen LogP contribution is 2.26. The van der Waals surface area contributed by atoms with Crippen molar-refractivity contribution < 1.29 is 0 Å². The van der Waals surface area contributed by atoms with Crippen molar-refractivity contribution in [1.29, 1.82) is 0 Å². The molecule has 1 unspecified atom stereocenters. The zero-order valence-electron chi connectivity index (χ0n) is 7.99. The lowest BCUT2D eigenvalue weighted by molar-refractivity contribution is 0.585. The van der Waals surface area contributed by atoms with Gasteiger partial charge >= 0.3 is 0 Å². The van der Waals surface area contributed by atoms with Gasteiger partial charge in [-0.2, -0.15) is 0 Å². The number of nitrogens with zero attached hydrogens (tertiary/aromatic N) is 2. The molecule has 1 aromatic rings. The zero-order valence-corrected chi connectivity index (χ0v) is 9.62. The van der Waals surface area contributed by atoms with E-state index in [0.29, 0.717) is 5.13 Å². The molecule has 0 bridgehead atoms. The lowest BCUT2D eigenvalue weighted by atomic mass is 10.1. The molecule has 0 aliphatic heterocycles. The van der Waals surface area contributed by atoms with Gasteiger partial charge in [0.1, 0.15) is 0 Å². The highest BCUT2D eigenvalue weighted by molar-refractivity contribution is 8.01. The van der Waals surface area contributed by atoms with Gasteiger partial charge in [-0.15, -0.1) is 10.2 Å². The standard InChI is InChI=1S/C8H15N3S2/c1-3-4-6(2)5-12-8-11-10-7(9)13-8/h6H,3-5H2,1-2H3,(H2,9,10). The van der Waals surface area contributed by atoms with Crippen LogP contribution in [0.2, 0.25) is 0 Å². The number of aromatic nitrogens is 2. The highest BCUT2D eigenvalue weighted by atomic mass is 32.2. The van der Waals surface area contributed by atoms with E-state index in [1.807, 2.05) is 0 Å². The van der Waals surface area contributed by atoms with Gasteiger partial charge in [0.2, 0.25) is 5.13 Å². The average Bonchev–Trinajstić information content (AvgIpc) is 2.49. The molecular formula is C8H15N3S2. The lowest BCUT2D eigenvalue weighted by Gasteiger charge is -2.06. The molecule has 0 saturated carbocycles. The van der Waals surface area contributed by atoms with Gasteiger partial charge in [-0.3, -0.25) is 0 Å². The molecule has 0 aromatic carbocycles. The summed E-state index contributed by atoms with van der Waals surface area (Å²) in [5.41, 5.74) is 5.48. The van der Waals surface area contributed by atoms with Gasteiger partial charge in [-0.1, -0.05) is 49.8 Å².